The molecular formula is C19H28ClNO5. The molecule has 1 amide bonds. The number of benzene rings is 1. The molecule has 1 N–H and O–H groups in total. The second-order valence-electron chi connectivity index (χ2n) is 6.08. The Morgan fingerprint density at radius 3 is 2.54 bits per heavy atom. The van der Waals surface area contributed by atoms with Gasteiger partial charge in [-0.3, -0.25) is 9.59 Å². The summed E-state index contributed by atoms with van der Waals surface area (Å²) < 4.78 is 9.98. The average Bonchev–Trinajstić information content (AvgIpc) is 2.64. The van der Waals surface area contributed by atoms with Gasteiger partial charge in [0, 0.05) is 24.5 Å². The molecule has 0 bridgehead atoms. The van der Waals surface area contributed by atoms with Gasteiger partial charge in [-0.25, -0.2) is 0 Å². The van der Waals surface area contributed by atoms with Gasteiger partial charge in [0.2, 0.25) is 5.91 Å². The zero-order chi connectivity index (χ0) is 19.4. The lowest BCUT2D eigenvalue weighted by molar-refractivity contribution is -0.146. The number of halogens is 1. The van der Waals surface area contributed by atoms with Gasteiger partial charge in [-0.15, -0.1) is 0 Å². The maximum atomic E-state index is 12.5. The molecule has 0 saturated heterocycles. The first-order chi connectivity index (χ1) is 12.5. The number of carbonyl (C=O) groups is 2. The van der Waals surface area contributed by atoms with E-state index >= 15 is 0 Å². The van der Waals surface area contributed by atoms with Gasteiger partial charge < -0.3 is 19.5 Å². The van der Waals surface area contributed by atoms with E-state index in [-0.39, 0.29) is 31.6 Å². The standard InChI is InChI=1S/C19H28ClNO5/c1-15(19(24)25-2)14-21(10-12-26-13-11-22)18(23)5-3-4-16-6-8-17(20)9-7-16/h6-9,15,22H,3-5,10-14H2,1-2H3. The third-order valence-corrected chi connectivity index (χ3v) is 4.21. The van der Waals surface area contributed by atoms with Gasteiger partial charge in [0.1, 0.15) is 0 Å². The number of aliphatic hydroxyl groups is 1. The van der Waals surface area contributed by atoms with Crippen molar-refractivity contribution < 1.29 is 24.2 Å². The number of aryl methyl sites for hydroxylation is 1. The van der Waals surface area contributed by atoms with Gasteiger partial charge in [0.05, 0.1) is 32.8 Å². The summed E-state index contributed by atoms with van der Waals surface area (Å²) in [5, 5.41) is 9.45. The maximum Gasteiger partial charge on any atom is 0.310 e. The number of aliphatic hydroxyl groups excluding tert-OH is 1. The van der Waals surface area contributed by atoms with E-state index < -0.39 is 5.92 Å². The van der Waals surface area contributed by atoms with Crippen LogP contribution in [0.2, 0.25) is 5.02 Å². The van der Waals surface area contributed by atoms with Crippen LogP contribution < -0.4 is 0 Å². The molecule has 146 valence electrons. The number of hydrogen-bond donors (Lipinski definition) is 1. The molecule has 0 fully saturated rings. The van der Waals surface area contributed by atoms with Gasteiger partial charge in [-0.05, 0) is 30.5 Å². The predicted molar refractivity (Wildman–Crippen MR) is 100 cm³/mol. The van der Waals surface area contributed by atoms with E-state index in [0.717, 1.165) is 12.0 Å². The Morgan fingerprint density at radius 2 is 1.92 bits per heavy atom. The average molecular weight is 386 g/mol. The van der Waals surface area contributed by atoms with E-state index in [4.69, 9.17) is 26.2 Å². The summed E-state index contributed by atoms with van der Waals surface area (Å²) in [6, 6.07) is 7.57. The van der Waals surface area contributed by atoms with Crippen molar-refractivity contribution in [1.29, 1.82) is 0 Å². The van der Waals surface area contributed by atoms with E-state index in [1.54, 1.807) is 11.8 Å². The molecule has 7 heteroatoms. The summed E-state index contributed by atoms with van der Waals surface area (Å²) in [5.41, 5.74) is 1.13. The fraction of sp³-hybridized carbons (Fsp3) is 0.579. The molecule has 6 nitrogen and oxygen atoms in total. The lowest BCUT2D eigenvalue weighted by Crippen LogP contribution is -2.39. The SMILES string of the molecule is COC(=O)C(C)CN(CCOCCO)C(=O)CCCc1ccc(Cl)cc1. The minimum Gasteiger partial charge on any atom is -0.469 e. The lowest BCUT2D eigenvalue weighted by atomic mass is 10.1. The van der Waals surface area contributed by atoms with Crippen molar-refractivity contribution in [2.24, 2.45) is 5.92 Å². The smallest absolute Gasteiger partial charge is 0.310 e. The number of esters is 1. The Morgan fingerprint density at radius 1 is 1.23 bits per heavy atom. The molecule has 26 heavy (non-hydrogen) atoms. The number of carbonyl (C=O) groups excluding carboxylic acids is 2. The zero-order valence-electron chi connectivity index (χ0n) is 15.4. The van der Waals surface area contributed by atoms with Crippen LogP contribution in [0, 0.1) is 5.92 Å². The van der Waals surface area contributed by atoms with Gasteiger partial charge >= 0.3 is 5.97 Å². The summed E-state index contributed by atoms with van der Waals surface area (Å²) in [5.74, 6) is -0.777. The number of methoxy groups -OCH3 is 1. The summed E-state index contributed by atoms with van der Waals surface area (Å²) in [4.78, 5) is 25.8. The predicted octanol–water partition coefficient (Wildman–Crippen LogP) is 2.31. The molecule has 1 unspecified atom stereocenters. The Bertz CT molecular complexity index is 549. The van der Waals surface area contributed by atoms with E-state index in [1.807, 2.05) is 24.3 Å². The minimum atomic E-state index is -0.405. The van der Waals surface area contributed by atoms with Crippen molar-refractivity contribution in [2.45, 2.75) is 26.2 Å². The van der Waals surface area contributed by atoms with Crippen molar-refractivity contribution >= 4 is 23.5 Å². The van der Waals surface area contributed by atoms with Crippen LogP contribution in [-0.4, -0.2) is 61.9 Å². The first kappa shape index (κ1) is 22.4. The summed E-state index contributed by atoms with van der Waals surface area (Å²) in [6.07, 6.45) is 1.88. The monoisotopic (exact) mass is 385 g/mol. The number of ether oxygens (including phenoxy) is 2. The highest BCUT2D eigenvalue weighted by Gasteiger charge is 2.21. The van der Waals surface area contributed by atoms with Crippen LogP contribution >= 0.6 is 11.6 Å². The summed E-state index contributed by atoms with van der Waals surface area (Å²) in [6.45, 7) is 2.88. The molecule has 0 aliphatic carbocycles. The first-order valence-electron chi connectivity index (χ1n) is 8.76. The highest BCUT2D eigenvalue weighted by molar-refractivity contribution is 6.30. The van der Waals surface area contributed by atoms with Crippen LogP contribution in [0.1, 0.15) is 25.3 Å². The number of rotatable bonds is 12. The van der Waals surface area contributed by atoms with Gasteiger partial charge in [-0.2, -0.15) is 0 Å². The van der Waals surface area contributed by atoms with E-state index in [1.165, 1.54) is 7.11 Å². The van der Waals surface area contributed by atoms with Crippen molar-refractivity contribution in [2.75, 3.05) is 40.0 Å². The van der Waals surface area contributed by atoms with E-state index in [2.05, 4.69) is 0 Å². The largest absolute Gasteiger partial charge is 0.469 e. The Hall–Kier alpha value is -1.63. The molecule has 1 atom stereocenters. The van der Waals surface area contributed by atoms with Gasteiger partial charge in [0.15, 0.2) is 0 Å². The molecule has 0 aromatic heterocycles. The van der Waals surface area contributed by atoms with Gasteiger partial charge in [0.25, 0.3) is 0 Å². The number of nitrogens with zero attached hydrogens (tertiary/aromatic N) is 1. The number of amides is 1. The molecule has 1 aromatic rings. The van der Waals surface area contributed by atoms with Crippen molar-refractivity contribution in [3.05, 3.63) is 34.9 Å². The third-order valence-electron chi connectivity index (χ3n) is 3.96. The van der Waals surface area contributed by atoms with Crippen molar-refractivity contribution in [1.82, 2.24) is 4.90 Å². The summed E-state index contributed by atoms with van der Waals surface area (Å²) in [7, 11) is 1.33. The van der Waals surface area contributed by atoms with E-state index in [0.29, 0.717) is 31.0 Å². The maximum absolute atomic E-state index is 12.5. The van der Waals surface area contributed by atoms with E-state index in [9.17, 15) is 9.59 Å². The summed E-state index contributed by atoms with van der Waals surface area (Å²) >= 11 is 5.87. The minimum absolute atomic E-state index is 0.0256. The second-order valence-corrected chi connectivity index (χ2v) is 6.52. The molecule has 0 spiro atoms. The second kappa shape index (κ2) is 12.7. The lowest BCUT2D eigenvalue weighted by Gasteiger charge is -2.25. The van der Waals surface area contributed by atoms with Crippen LogP contribution in [0.3, 0.4) is 0 Å². The van der Waals surface area contributed by atoms with Crippen molar-refractivity contribution in [3.63, 3.8) is 0 Å². The molecule has 0 heterocycles. The zero-order valence-corrected chi connectivity index (χ0v) is 16.2. The Labute approximate surface area is 160 Å². The van der Waals surface area contributed by atoms with Gasteiger partial charge in [-0.1, -0.05) is 30.7 Å². The fourth-order valence-electron chi connectivity index (χ4n) is 2.52. The quantitative estimate of drug-likeness (QED) is 0.441. The first-order valence-corrected chi connectivity index (χ1v) is 9.14. The fourth-order valence-corrected chi connectivity index (χ4v) is 2.64. The molecular weight excluding hydrogens is 358 g/mol. The van der Waals surface area contributed by atoms with Crippen LogP contribution in [0.15, 0.2) is 24.3 Å². The Kier molecular flexibility index (Phi) is 10.9. The molecule has 0 radical (unpaired) electrons. The molecule has 1 rings (SSSR count). The van der Waals surface area contributed by atoms with Crippen molar-refractivity contribution in [3.8, 4) is 0 Å². The third kappa shape index (κ3) is 8.65. The van der Waals surface area contributed by atoms with Crippen LogP contribution in [0.5, 0.6) is 0 Å². The highest BCUT2D eigenvalue weighted by atomic mass is 35.5. The molecule has 1 aromatic carbocycles. The highest BCUT2D eigenvalue weighted by Crippen LogP contribution is 2.13. The molecule has 0 aliphatic rings. The van der Waals surface area contributed by atoms with Crippen LogP contribution in [0.25, 0.3) is 0 Å². The van der Waals surface area contributed by atoms with Crippen LogP contribution in [-0.2, 0) is 25.5 Å². The molecule has 0 saturated carbocycles. The van der Waals surface area contributed by atoms with Crippen LogP contribution in [0.4, 0.5) is 0 Å². The topological polar surface area (TPSA) is 76.1 Å². The Balaban J connectivity index is 2.52. The molecule has 0 aliphatic heterocycles. The normalized spacial score (nSPS) is 11.8. The number of hydrogen-bond acceptors (Lipinski definition) is 5.